The van der Waals surface area contributed by atoms with Crippen LogP contribution in [0.4, 0.5) is 0 Å². The third-order valence-corrected chi connectivity index (χ3v) is 5.58. The van der Waals surface area contributed by atoms with Gasteiger partial charge in [0.15, 0.2) is 0 Å². The molecule has 1 aliphatic rings. The van der Waals surface area contributed by atoms with Crippen LogP contribution in [0.1, 0.15) is 29.0 Å². The molecule has 1 aliphatic heterocycles. The Morgan fingerprint density at radius 1 is 1.03 bits per heavy atom. The molecule has 3 aromatic carbocycles. The predicted octanol–water partition coefficient (Wildman–Crippen LogP) is 5.29. The van der Waals surface area contributed by atoms with Crippen molar-refractivity contribution in [2.75, 3.05) is 20.8 Å². The van der Waals surface area contributed by atoms with E-state index in [0.29, 0.717) is 19.6 Å². The number of carbonyl (C=O) groups is 1. The smallest absolute Gasteiger partial charge is 0.306 e. The molecule has 1 unspecified atom stereocenters. The SMILES string of the molecule is COC(=O)CC1COc2cc(OCc3cccc(-c4ccc(OC)cc4C)c3)ccc21. The number of hydrogen-bond acceptors (Lipinski definition) is 5. The first kappa shape index (κ1) is 20.8. The van der Waals surface area contributed by atoms with Gasteiger partial charge in [-0.1, -0.05) is 30.3 Å². The zero-order valence-corrected chi connectivity index (χ0v) is 18.0. The number of benzene rings is 3. The molecule has 1 heterocycles. The Morgan fingerprint density at radius 2 is 1.87 bits per heavy atom. The Morgan fingerprint density at radius 3 is 2.65 bits per heavy atom. The van der Waals surface area contributed by atoms with Crippen molar-refractivity contribution in [2.45, 2.75) is 25.9 Å². The van der Waals surface area contributed by atoms with E-state index in [4.69, 9.17) is 18.9 Å². The van der Waals surface area contributed by atoms with Crippen LogP contribution >= 0.6 is 0 Å². The first-order chi connectivity index (χ1) is 15.1. The van der Waals surface area contributed by atoms with Gasteiger partial charge in [-0.15, -0.1) is 0 Å². The lowest BCUT2D eigenvalue weighted by molar-refractivity contribution is -0.141. The Bertz CT molecular complexity index is 1090. The van der Waals surface area contributed by atoms with Gasteiger partial charge in [0.1, 0.15) is 23.9 Å². The van der Waals surface area contributed by atoms with E-state index in [1.165, 1.54) is 12.7 Å². The van der Waals surface area contributed by atoms with Crippen LogP contribution in [0.3, 0.4) is 0 Å². The summed E-state index contributed by atoms with van der Waals surface area (Å²) in [6.07, 6.45) is 0.321. The summed E-state index contributed by atoms with van der Waals surface area (Å²) in [6.45, 7) is 3.02. The van der Waals surface area contributed by atoms with Gasteiger partial charge >= 0.3 is 5.97 Å². The Labute approximate surface area is 182 Å². The average molecular weight is 418 g/mol. The number of fused-ring (bicyclic) bond motifs is 1. The summed E-state index contributed by atoms with van der Waals surface area (Å²) >= 11 is 0. The van der Waals surface area contributed by atoms with E-state index in [1.54, 1.807) is 7.11 Å². The van der Waals surface area contributed by atoms with Gasteiger partial charge in [-0.3, -0.25) is 4.79 Å². The second-order valence-electron chi connectivity index (χ2n) is 7.66. The van der Waals surface area contributed by atoms with Crippen molar-refractivity contribution in [2.24, 2.45) is 0 Å². The molecule has 0 aromatic heterocycles. The van der Waals surface area contributed by atoms with Gasteiger partial charge in [-0.2, -0.15) is 0 Å². The standard InChI is InChI=1S/C26H26O5/c1-17-11-21(28-2)7-9-23(17)19-6-4-5-18(12-19)15-30-22-8-10-24-20(13-26(27)29-3)16-31-25(24)14-22/h4-12,14,20H,13,15-16H2,1-3H3. The third kappa shape index (κ3) is 4.66. The van der Waals surface area contributed by atoms with Crippen molar-refractivity contribution in [1.82, 2.24) is 0 Å². The molecule has 31 heavy (non-hydrogen) atoms. The van der Waals surface area contributed by atoms with E-state index in [-0.39, 0.29) is 11.9 Å². The monoisotopic (exact) mass is 418 g/mol. The molecule has 0 amide bonds. The minimum atomic E-state index is -0.228. The summed E-state index contributed by atoms with van der Waals surface area (Å²) in [6, 6.07) is 20.2. The fourth-order valence-electron chi connectivity index (χ4n) is 3.88. The van der Waals surface area contributed by atoms with Crippen molar-refractivity contribution in [3.05, 3.63) is 77.4 Å². The number of aryl methyl sites for hydroxylation is 1. The number of hydrogen-bond donors (Lipinski definition) is 0. The maximum atomic E-state index is 11.6. The minimum Gasteiger partial charge on any atom is -0.497 e. The summed E-state index contributed by atoms with van der Waals surface area (Å²) in [4.78, 5) is 11.6. The average Bonchev–Trinajstić information content (AvgIpc) is 3.19. The number of ether oxygens (including phenoxy) is 4. The summed E-state index contributed by atoms with van der Waals surface area (Å²) in [5.74, 6) is 2.17. The second kappa shape index (κ2) is 9.13. The molecule has 160 valence electrons. The molecular formula is C26H26O5. The zero-order chi connectivity index (χ0) is 21.8. The number of methoxy groups -OCH3 is 2. The second-order valence-corrected chi connectivity index (χ2v) is 7.66. The lowest BCUT2D eigenvalue weighted by Gasteiger charge is -2.12. The molecule has 1 atom stereocenters. The van der Waals surface area contributed by atoms with Gasteiger partial charge in [0.05, 0.1) is 27.2 Å². The number of carbonyl (C=O) groups excluding carboxylic acids is 1. The lowest BCUT2D eigenvalue weighted by atomic mass is 9.98. The van der Waals surface area contributed by atoms with E-state index in [1.807, 2.05) is 36.4 Å². The van der Waals surface area contributed by atoms with E-state index >= 15 is 0 Å². The topological polar surface area (TPSA) is 54.0 Å². The van der Waals surface area contributed by atoms with Gasteiger partial charge in [0.2, 0.25) is 0 Å². The molecule has 0 aliphatic carbocycles. The summed E-state index contributed by atoms with van der Waals surface area (Å²) < 4.78 is 21.9. The van der Waals surface area contributed by atoms with Crippen LogP contribution in [0.5, 0.6) is 17.2 Å². The van der Waals surface area contributed by atoms with Crippen molar-refractivity contribution in [3.63, 3.8) is 0 Å². The molecule has 0 saturated carbocycles. The molecule has 0 saturated heterocycles. The molecule has 5 nitrogen and oxygen atoms in total. The molecule has 4 rings (SSSR count). The zero-order valence-electron chi connectivity index (χ0n) is 18.0. The van der Waals surface area contributed by atoms with Crippen LogP contribution < -0.4 is 14.2 Å². The van der Waals surface area contributed by atoms with Crippen molar-refractivity contribution >= 4 is 5.97 Å². The molecule has 0 fully saturated rings. The normalized spacial score (nSPS) is 14.5. The maximum Gasteiger partial charge on any atom is 0.306 e. The van der Waals surface area contributed by atoms with Crippen LogP contribution in [0, 0.1) is 6.92 Å². The largest absolute Gasteiger partial charge is 0.497 e. The van der Waals surface area contributed by atoms with Crippen molar-refractivity contribution in [1.29, 1.82) is 0 Å². The van der Waals surface area contributed by atoms with Gasteiger partial charge < -0.3 is 18.9 Å². The van der Waals surface area contributed by atoms with Crippen LogP contribution in [0.2, 0.25) is 0 Å². The van der Waals surface area contributed by atoms with Gasteiger partial charge in [-0.25, -0.2) is 0 Å². The van der Waals surface area contributed by atoms with E-state index in [9.17, 15) is 4.79 Å². The van der Waals surface area contributed by atoms with Crippen molar-refractivity contribution < 1.29 is 23.7 Å². The first-order valence-electron chi connectivity index (χ1n) is 10.3. The number of esters is 1. The Hall–Kier alpha value is -3.47. The van der Waals surface area contributed by atoms with E-state index < -0.39 is 0 Å². The lowest BCUT2D eigenvalue weighted by Crippen LogP contribution is -2.09. The van der Waals surface area contributed by atoms with E-state index in [0.717, 1.165) is 39.5 Å². The van der Waals surface area contributed by atoms with Gasteiger partial charge in [-0.05, 0) is 53.4 Å². The molecule has 0 spiro atoms. The highest BCUT2D eigenvalue weighted by Crippen LogP contribution is 2.38. The molecule has 5 heteroatoms. The highest BCUT2D eigenvalue weighted by Gasteiger charge is 2.27. The highest BCUT2D eigenvalue weighted by molar-refractivity contribution is 5.71. The molecular weight excluding hydrogens is 392 g/mol. The molecule has 0 N–H and O–H groups in total. The fourth-order valence-corrected chi connectivity index (χ4v) is 3.88. The Kier molecular flexibility index (Phi) is 6.12. The summed E-state index contributed by atoms with van der Waals surface area (Å²) in [5.41, 5.74) is 5.58. The molecule has 3 aromatic rings. The van der Waals surface area contributed by atoms with Gasteiger partial charge in [0, 0.05) is 17.5 Å². The quantitative estimate of drug-likeness (QED) is 0.488. The third-order valence-electron chi connectivity index (χ3n) is 5.58. The first-order valence-corrected chi connectivity index (χ1v) is 10.3. The fraction of sp³-hybridized carbons (Fsp3) is 0.269. The minimum absolute atomic E-state index is 0.0286. The van der Waals surface area contributed by atoms with Crippen LogP contribution in [-0.2, 0) is 16.1 Å². The van der Waals surface area contributed by atoms with Gasteiger partial charge in [0.25, 0.3) is 0 Å². The summed E-state index contributed by atoms with van der Waals surface area (Å²) in [5, 5.41) is 0. The molecule has 0 bridgehead atoms. The summed E-state index contributed by atoms with van der Waals surface area (Å²) in [7, 11) is 3.08. The molecule has 0 radical (unpaired) electrons. The van der Waals surface area contributed by atoms with Crippen LogP contribution in [0.15, 0.2) is 60.7 Å². The van der Waals surface area contributed by atoms with E-state index in [2.05, 4.69) is 31.2 Å². The predicted molar refractivity (Wildman–Crippen MR) is 119 cm³/mol. The van der Waals surface area contributed by atoms with Crippen LogP contribution in [-0.4, -0.2) is 26.8 Å². The maximum absolute atomic E-state index is 11.6. The highest BCUT2D eigenvalue weighted by atomic mass is 16.5. The van der Waals surface area contributed by atoms with Crippen molar-refractivity contribution in [3.8, 4) is 28.4 Å². The van der Waals surface area contributed by atoms with Crippen LogP contribution in [0.25, 0.3) is 11.1 Å². The Balaban J connectivity index is 1.45. The number of rotatable bonds is 7.